The number of nitrogens with zero attached hydrogens (tertiary/aromatic N) is 1. The molecule has 0 heterocycles. The van der Waals surface area contributed by atoms with Gasteiger partial charge in [0.2, 0.25) is 6.41 Å². The van der Waals surface area contributed by atoms with Crippen LogP contribution >= 0.6 is 0 Å². The third kappa shape index (κ3) is 6.37. The van der Waals surface area contributed by atoms with Crippen LogP contribution in [0.5, 0.6) is 11.5 Å². The Morgan fingerprint density at radius 3 is 2.19 bits per heavy atom. The SMILES string of the molecule is CCCc1cc(OC)c(C2C=C(C)CCC2)c(OC)c1.CON(C)C=O. The summed E-state index contributed by atoms with van der Waals surface area (Å²) in [6.45, 7) is 4.41. The van der Waals surface area contributed by atoms with Crippen LogP contribution in [-0.2, 0) is 16.1 Å². The van der Waals surface area contributed by atoms with Gasteiger partial charge in [-0.15, -0.1) is 0 Å². The summed E-state index contributed by atoms with van der Waals surface area (Å²) < 4.78 is 11.3. The Hall–Kier alpha value is -2.01. The summed E-state index contributed by atoms with van der Waals surface area (Å²) in [4.78, 5) is 13.9. The summed E-state index contributed by atoms with van der Waals surface area (Å²) in [5.41, 5.74) is 3.98. The molecule has 0 spiro atoms. The van der Waals surface area contributed by atoms with E-state index in [0.29, 0.717) is 12.3 Å². The van der Waals surface area contributed by atoms with Gasteiger partial charge in [-0.05, 0) is 50.3 Å². The standard InChI is InChI=1S/C18H26O2.C3H7NO2/c1-5-7-14-11-16(19-3)18(17(12-14)20-4)15-9-6-8-13(2)10-15;1-4(3-5)6-2/h10-12,15H,5-9H2,1-4H3;3H,1-2H3. The van der Waals surface area contributed by atoms with Crippen molar-refractivity contribution < 1.29 is 19.1 Å². The number of hydrogen-bond donors (Lipinski definition) is 0. The van der Waals surface area contributed by atoms with Crippen LogP contribution in [-0.4, -0.2) is 39.9 Å². The summed E-state index contributed by atoms with van der Waals surface area (Å²) in [6, 6.07) is 4.36. The van der Waals surface area contributed by atoms with Crippen LogP contribution in [0.3, 0.4) is 0 Å². The van der Waals surface area contributed by atoms with Gasteiger partial charge in [-0.2, -0.15) is 0 Å². The number of allylic oxidation sites excluding steroid dienone is 2. The molecule has 2 rings (SSSR count). The van der Waals surface area contributed by atoms with Gasteiger partial charge in [0.15, 0.2) is 0 Å². The Balaban J connectivity index is 0.000000487. The topological polar surface area (TPSA) is 48.0 Å². The molecule has 0 fully saturated rings. The molecular formula is C21H33NO4. The van der Waals surface area contributed by atoms with Gasteiger partial charge in [-0.1, -0.05) is 25.0 Å². The lowest BCUT2D eigenvalue weighted by atomic mass is 9.84. The zero-order valence-electron chi connectivity index (χ0n) is 17.0. The maximum Gasteiger partial charge on any atom is 0.233 e. The second-order valence-corrected chi connectivity index (χ2v) is 6.51. The van der Waals surface area contributed by atoms with Gasteiger partial charge in [0, 0.05) is 18.5 Å². The molecule has 0 saturated carbocycles. The molecule has 1 aliphatic carbocycles. The molecular weight excluding hydrogens is 330 g/mol. The van der Waals surface area contributed by atoms with Gasteiger partial charge >= 0.3 is 0 Å². The zero-order chi connectivity index (χ0) is 19.5. The Morgan fingerprint density at radius 1 is 1.19 bits per heavy atom. The molecule has 5 heteroatoms. The van der Waals surface area contributed by atoms with Crippen molar-refractivity contribution in [2.45, 2.75) is 51.9 Å². The van der Waals surface area contributed by atoms with Crippen LogP contribution in [0.4, 0.5) is 0 Å². The second kappa shape index (κ2) is 11.6. The first kappa shape index (κ1) is 22.0. The molecule has 0 aromatic heterocycles. The van der Waals surface area contributed by atoms with Gasteiger partial charge in [0.05, 0.1) is 21.3 Å². The predicted molar refractivity (Wildman–Crippen MR) is 105 cm³/mol. The minimum atomic E-state index is 0.421. The Labute approximate surface area is 157 Å². The van der Waals surface area contributed by atoms with E-state index in [1.165, 1.54) is 50.1 Å². The van der Waals surface area contributed by atoms with Gasteiger partial charge in [0.25, 0.3) is 0 Å². The fourth-order valence-corrected chi connectivity index (χ4v) is 3.17. The molecule has 1 aromatic carbocycles. The summed E-state index contributed by atoms with van der Waals surface area (Å²) in [7, 11) is 6.46. The zero-order valence-corrected chi connectivity index (χ0v) is 17.0. The number of carbonyl (C=O) groups excluding carboxylic acids is 1. The number of hydrogen-bond acceptors (Lipinski definition) is 4. The molecule has 1 atom stereocenters. The smallest absolute Gasteiger partial charge is 0.233 e. The van der Waals surface area contributed by atoms with Gasteiger partial charge in [0.1, 0.15) is 11.5 Å². The maximum atomic E-state index is 9.54. The highest BCUT2D eigenvalue weighted by molar-refractivity contribution is 5.52. The summed E-state index contributed by atoms with van der Waals surface area (Å²) in [5.74, 6) is 2.37. The average Bonchev–Trinajstić information content (AvgIpc) is 2.67. The van der Waals surface area contributed by atoms with Crippen LogP contribution in [0.1, 0.15) is 56.6 Å². The Kier molecular flexibility index (Phi) is 9.81. The first-order valence-corrected chi connectivity index (χ1v) is 9.14. The molecule has 26 heavy (non-hydrogen) atoms. The minimum Gasteiger partial charge on any atom is -0.496 e. The van der Waals surface area contributed by atoms with Crippen LogP contribution in [0.2, 0.25) is 0 Å². The van der Waals surface area contributed by atoms with Crippen molar-refractivity contribution in [3.8, 4) is 11.5 Å². The van der Waals surface area contributed by atoms with E-state index in [4.69, 9.17) is 9.47 Å². The van der Waals surface area contributed by atoms with Crippen molar-refractivity contribution in [2.24, 2.45) is 0 Å². The normalized spacial score (nSPS) is 16.1. The van der Waals surface area contributed by atoms with Crippen molar-refractivity contribution in [3.63, 3.8) is 0 Å². The lowest BCUT2D eigenvalue weighted by molar-refractivity contribution is -0.153. The number of aryl methyl sites for hydroxylation is 1. The molecule has 0 aliphatic heterocycles. The van der Waals surface area contributed by atoms with Gasteiger partial charge < -0.3 is 9.47 Å². The number of carbonyl (C=O) groups is 1. The maximum absolute atomic E-state index is 9.54. The molecule has 0 N–H and O–H groups in total. The monoisotopic (exact) mass is 363 g/mol. The van der Waals surface area contributed by atoms with E-state index in [1.807, 2.05) is 0 Å². The molecule has 146 valence electrons. The van der Waals surface area contributed by atoms with Crippen molar-refractivity contribution in [3.05, 3.63) is 34.9 Å². The van der Waals surface area contributed by atoms with Gasteiger partial charge in [-0.3, -0.25) is 9.63 Å². The van der Waals surface area contributed by atoms with Crippen molar-refractivity contribution in [1.29, 1.82) is 0 Å². The van der Waals surface area contributed by atoms with E-state index in [9.17, 15) is 4.79 Å². The highest BCUT2D eigenvalue weighted by Gasteiger charge is 2.22. The first-order valence-electron chi connectivity index (χ1n) is 9.14. The van der Waals surface area contributed by atoms with Crippen molar-refractivity contribution in [2.75, 3.05) is 28.4 Å². The number of rotatable bonds is 7. The molecule has 1 amide bonds. The lowest BCUT2D eigenvalue weighted by Gasteiger charge is -2.24. The van der Waals surface area contributed by atoms with E-state index < -0.39 is 0 Å². The summed E-state index contributed by atoms with van der Waals surface area (Å²) in [6.07, 6.45) is 8.80. The van der Waals surface area contributed by atoms with Crippen LogP contribution in [0.25, 0.3) is 0 Å². The number of benzene rings is 1. The second-order valence-electron chi connectivity index (χ2n) is 6.51. The van der Waals surface area contributed by atoms with E-state index in [1.54, 1.807) is 14.2 Å². The molecule has 0 radical (unpaired) electrons. The number of hydroxylamine groups is 2. The van der Waals surface area contributed by atoms with Gasteiger partial charge in [-0.25, -0.2) is 5.06 Å². The fourth-order valence-electron chi connectivity index (χ4n) is 3.17. The van der Waals surface area contributed by atoms with Crippen LogP contribution in [0.15, 0.2) is 23.8 Å². The summed E-state index contributed by atoms with van der Waals surface area (Å²) >= 11 is 0. The average molecular weight is 363 g/mol. The third-order valence-electron chi connectivity index (χ3n) is 4.52. The van der Waals surface area contributed by atoms with E-state index in [0.717, 1.165) is 29.4 Å². The highest BCUT2D eigenvalue weighted by Crippen LogP contribution is 2.42. The number of ether oxygens (including phenoxy) is 2. The quantitative estimate of drug-likeness (QED) is 0.406. The predicted octanol–water partition coefficient (Wildman–Crippen LogP) is 4.51. The summed E-state index contributed by atoms with van der Waals surface area (Å²) in [5, 5.41) is 1.07. The number of methoxy groups -OCH3 is 2. The van der Waals surface area contributed by atoms with Crippen LogP contribution in [0, 0.1) is 0 Å². The molecule has 1 aliphatic rings. The van der Waals surface area contributed by atoms with E-state index >= 15 is 0 Å². The lowest BCUT2D eigenvalue weighted by Crippen LogP contribution is -2.12. The van der Waals surface area contributed by atoms with Crippen molar-refractivity contribution in [1.82, 2.24) is 5.06 Å². The first-order chi connectivity index (χ1) is 12.5. The largest absolute Gasteiger partial charge is 0.496 e. The highest BCUT2D eigenvalue weighted by atomic mass is 16.7. The van der Waals surface area contributed by atoms with Crippen LogP contribution < -0.4 is 9.47 Å². The molecule has 1 aromatic rings. The molecule has 5 nitrogen and oxygen atoms in total. The molecule has 0 bridgehead atoms. The van der Waals surface area contributed by atoms with Crippen molar-refractivity contribution >= 4 is 6.41 Å². The minimum absolute atomic E-state index is 0.421. The van der Waals surface area contributed by atoms with E-state index in [-0.39, 0.29) is 0 Å². The molecule has 1 unspecified atom stereocenters. The fraction of sp³-hybridized carbons (Fsp3) is 0.571. The Bertz CT molecular complexity index is 573. The Morgan fingerprint density at radius 2 is 1.81 bits per heavy atom. The molecule has 0 saturated heterocycles. The third-order valence-corrected chi connectivity index (χ3v) is 4.52. The number of amides is 1. The van der Waals surface area contributed by atoms with E-state index in [2.05, 4.69) is 36.9 Å².